The molecular weight excluding hydrogens is 220 g/mol. The van der Waals surface area contributed by atoms with E-state index in [0.29, 0.717) is 11.3 Å². The number of nitrogens with zero attached hydrogens (tertiary/aromatic N) is 1. The molecule has 0 aliphatic carbocycles. The third kappa shape index (κ3) is 2.49. The van der Waals surface area contributed by atoms with Gasteiger partial charge in [-0.05, 0) is 29.7 Å². The third-order valence-corrected chi connectivity index (χ3v) is 2.59. The van der Waals surface area contributed by atoms with Gasteiger partial charge in [-0.15, -0.1) is 0 Å². The maximum absolute atomic E-state index is 13.7. The van der Waals surface area contributed by atoms with Gasteiger partial charge in [-0.25, -0.2) is 8.78 Å². The highest BCUT2D eigenvalue weighted by atomic mass is 19.1. The Morgan fingerprint density at radius 1 is 1.00 bits per heavy atom. The number of aromatic nitrogens is 1. The van der Waals surface area contributed by atoms with E-state index in [1.165, 1.54) is 18.2 Å². The number of benzene rings is 1. The molecule has 17 heavy (non-hydrogen) atoms. The Labute approximate surface area is 99.1 Å². The molecule has 0 aliphatic heterocycles. The van der Waals surface area contributed by atoms with Crippen LogP contribution in [0.2, 0.25) is 0 Å². The van der Waals surface area contributed by atoms with E-state index < -0.39 is 0 Å². The molecule has 0 aliphatic rings. The van der Waals surface area contributed by atoms with E-state index in [9.17, 15) is 8.78 Å². The summed E-state index contributed by atoms with van der Waals surface area (Å²) in [6.45, 7) is 3.78. The first kappa shape index (κ1) is 11.7. The van der Waals surface area contributed by atoms with Gasteiger partial charge in [0.05, 0.1) is 5.69 Å². The molecule has 1 nitrogen and oxygen atoms in total. The Morgan fingerprint density at radius 2 is 1.65 bits per heavy atom. The van der Waals surface area contributed by atoms with Crippen molar-refractivity contribution >= 4 is 0 Å². The van der Waals surface area contributed by atoms with E-state index in [2.05, 4.69) is 4.98 Å². The molecule has 1 aromatic carbocycles. The number of pyridine rings is 1. The van der Waals surface area contributed by atoms with Crippen LogP contribution >= 0.6 is 0 Å². The van der Waals surface area contributed by atoms with Crippen LogP contribution in [0.3, 0.4) is 0 Å². The van der Waals surface area contributed by atoms with Crippen LogP contribution in [0, 0.1) is 11.6 Å². The van der Waals surface area contributed by atoms with Crippen molar-refractivity contribution in [1.82, 2.24) is 4.98 Å². The summed E-state index contributed by atoms with van der Waals surface area (Å²) in [7, 11) is 0. The van der Waals surface area contributed by atoms with Crippen LogP contribution in [0.25, 0.3) is 11.1 Å². The smallest absolute Gasteiger partial charge is 0.145 e. The predicted molar refractivity (Wildman–Crippen MR) is 63.7 cm³/mol. The van der Waals surface area contributed by atoms with Gasteiger partial charge in [-0.2, -0.15) is 0 Å². The van der Waals surface area contributed by atoms with E-state index in [1.807, 2.05) is 13.8 Å². The number of hydrogen-bond acceptors (Lipinski definition) is 1. The molecule has 2 rings (SSSR count). The van der Waals surface area contributed by atoms with Gasteiger partial charge in [0.15, 0.2) is 0 Å². The lowest BCUT2D eigenvalue weighted by atomic mass is 10.0. The van der Waals surface area contributed by atoms with Gasteiger partial charge in [0.25, 0.3) is 0 Å². The van der Waals surface area contributed by atoms with Gasteiger partial charge >= 0.3 is 0 Å². The summed E-state index contributed by atoms with van der Waals surface area (Å²) in [5.41, 5.74) is 1.87. The highest BCUT2D eigenvalue weighted by Gasteiger charge is 2.09. The first-order valence-corrected chi connectivity index (χ1v) is 5.49. The molecule has 0 amide bonds. The molecule has 88 valence electrons. The summed E-state index contributed by atoms with van der Waals surface area (Å²) < 4.78 is 26.5. The second-order valence-electron chi connectivity index (χ2n) is 4.25. The Kier molecular flexibility index (Phi) is 3.18. The monoisotopic (exact) mass is 233 g/mol. The van der Waals surface area contributed by atoms with E-state index in [1.54, 1.807) is 18.3 Å². The summed E-state index contributed by atoms with van der Waals surface area (Å²) in [4.78, 5) is 4.11. The minimum Gasteiger partial charge on any atom is -0.257 e. The van der Waals surface area contributed by atoms with Gasteiger partial charge in [-0.1, -0.05) is 26.0 Å². The minimum absolute atomic E-state index is 0.0530. The fraction of sp³-hybridized carbons (Fsp3) is 0.214. The second kappa shape index (κ2) is 4.62. The first-order chi connectivity index (χ1) is 8.08. The predicted octanol–water partition coefficient (Wildman–Crippen LogP) is 4.15. The molecule has 1 heterocycles. The van der Waals surface area contributed by atoms with E-state index in [0.717, 1.165) is 5.56 Å². The normalized spacial score (nSPS) is 10.9. The summed E-state index contributed by atoms with van der Waals surface area (Å²) in [5.74, 6) is -0.569. The molecule has 2 aromatic rings. The van der Waals surface area contributed by atoms with Crippen molar-refractivity contribution in [2.45, 2.75) is 19.8 Å². The van der Waals surface area contributed by atoms with Gasteiger partial charge in [-0.3, -0.25) is 4.98 Å². The molecule has 3 heteroatoms. The zero-order valence-corrected chi connectivity index (χ0v) is 9.74. The number of rotatable bonds is 2. The molecule has 0 unspecified atom stereocenters. The van der Waals surface area contributed by atoms with Gasteiger partial charge < -0.3 is 0 Å². The largest absolute Gasteiger partial charge is 0.257 e. The van der Waals surface area contributed by atoms with E-state index in [-0.39, 0.29) is 17.6 Å². The molecule has 0 N–H and O–H groups in total. The van der Waals surface area contributed by atoms with Crippen LogP contribution in [-0.4, -0.2) is 4.98 Å². The average molecular weight is 233 g/mol. The third-order valence-electron chi connectivity index (χ3n) is 2.59. The van der Waals surface area contributed by atoms with E-state index >= 15 is 0 Å². The molecule has 0 saturated carbocycles. The maximum atomic E-state index is 13.7. The van der Waals surface area contributed by atoms with Crippen molar-refractivity contribution in [3.05, 3.63) is 53.9 Å². The average Bonchev–Trinajstić information content (AvgIpc) is 2.29. The Balaban J connectivity index is 2.41. The van der Waals surface area contributed by atoms with Crippen molar-refractivity contribution < 1.29 is 8.78 Å². The van der Waals surface area contributed by atoms with Crippen molar-refractivity contribution in [2.75, 3.05) is 0 Å². The quantitative estimate of drug-likeness (QED) is 0.759. The van der Waals surface area contributed by atoms with Gasteiger partial charge in [0.1, 0.15) is 11.6 Å². The maximum Gasteiger partial charge on any atom is 0.145 e. The van der Waals surface area contributed by atoms with Crippen LogP contribution in [0.15, 0.2) is 36.5 Å². The Morgan fingerprint density at radius 3 is 2.18 bits per heavy atom. The molecular formula is C14H13F2N. The Hall–Kier alpha value is -1.77. The second-order valence-corrected chi connectivity index (χ2v) is 4.25. The van der Waals surface area contributed by atoms with Crippen LogP contribution < -0.4 is 0 Å². The molecule has 0 saturated heterocycles. The molecule has 1 aromatic heterocycles. The number of halogens is 2. The van der Waals surface area contributed by atoms with Gasteiger partial charge in [0, 0.05) is 11.8 Å². The lowest BCUT2D eigenvalue weighted by Gasteiger charge is -2.08. The zero-order valence-electron chi connectivity index (χ0n) is 9.74. The zero-order chi connectivity index (χ0) is 12.4. The summed E-state index contributed by atoms with van der Waals surface area (Å²) >= 11 is 0. The molecule has 0 bridgehead atoms. The summed E-state index contributed by atoms with van der Waals surface area (Å²) in [6, 6.07) is 7.37. The van der Waals surface area contributed by atoms with Gasteiger partial charge in [0.2, 0.25) is 0 Å². The standard InChI is InChI=1S/C14H13F2N/c1-9(2)14-13(16)7-11(8-17-14)10-3-5-12(15)6-4-10/h3-9H,1-2H3. The van der Waals surface area contributed by atoms with Crippen LogP contribution in [-0.2, 0) is 0 Å². The summed E-state index contributed by atoms with van der Waals surface area (Å²) in [6.07, 6.45) is 1.62. The molecule has 0 radical (unpaired) electrons. The lowest BCUT2D eigenvalue weighted by molar-refractivity contribution is 0.585. The van der Waals surface area contributed by atoms with Crippen molar-refractivity contribution in [2.24, 2.45) is 0 Å². The lowest BCUT2D eigenvalue weighted by Crippen LogP contribution is -1.97. The fourth-order valence-corrected chi connectivity index (χ4v) is 1.67. The van der Waals surface area contributed by atoms with Crippen molar-refractivity contribution in [3.63, 3.8) is 0 Å². The highest BCUT2D eigenvalue weighted by Crippen LogP contribution is 2.23. The summed E-state index contributed by atoms with van der Waals surface area (Å²) in [5, 5.41) is 0. The topological polar surface area (TPSA) is 12.9 Å². The van der Waals surface area contributed by atoms with Crippen LogP contribution in [0.1, 0.15) is 25.5 Å². The van der Waals surface area contributed by atoms with Crippen LogP contribution in [0.4, 0.5) is 8.78 Å². The molecule has 0 atom stereocenters. The highest BCUT2D eigenvalue weighted by molar-refractivity contribution is 5.62. The van der Waals surface area contributed by atoms with E-state index in [4.69, 9.17) is 0 Å². The minimum atomic E-state index is -0.318. The molecule has 0 fully saturated rings. The Bertz CT molecular complexity index is 518. The van der Waals surface area contributed by atoms with Crippen LogP contribution in [0.5, 0.6) is 0 Å². The number of hydrogen-bond donors (Lipinski definition) is 0. The van der Waals surface area contributed by atoms with Crippen molar-refractivity contribution in [3.8, 4) is 11.1 Å². The SMILES string of the molecule is CC(C)c1ncc(-c2ccc(F)cc2)cc1F. The molecule has 0 spiro atoms. The fourth-order valence-electron chi connectivity index (χ4n) is 1.67. The van der Waals surface area contributed by atoms with Crippen molar-refractivity contribution in [1.29, 1.82) is 0 Å². The first-order valence-electron chi connectivity index (χ1n) is 5.49.